The molecule has 1 amide bonds. The standard InChI is InChI=1S/C17H16N2O5/c1-11-9-19(24-17(23-11)13-3-2-6-18-8-13)16(20)12-4-5-14-15(7-12)22-10-21-14/h2-8,11,17H,9-10H2,1H3/t11-,17+/m1/s1. The third kappa shape index (κ3) is 2.79. The number of benzene rings is 1. The maximum Gasteiger partial charge on any atom is 0.277 e. The summed E-state index contributed by atoms with van der Waals surface area (Å²) in [7, 11) is 0. The van der Waals surface area contributed by atoms with Crippen molar-refractivity contribution in [3.63, 3.8) is 0 Å². The van der Waals surface area contributed by atoms with Crippen molar-refractivity contribution < 1.29 is 23.8 Å². The SMILES string of the molecule is C[C@@H]1CN(C(=O)c2ccc3c(c2)OCO3)O[C@@H](c2cccnc2)O1. The highest BCUT2D eigenvalue weighted by Gasteiger charge is 2.32. The lowest BCUT2D eigenvalue weighted by Crippen LogP contribution is -2.44. The number of hydroxylamine groups is 2. The minimum atomic E-state index is -0.666. The van der Waals surface area contributed by atoms with Crippen molar-refractivity contribution in [2.24, 2.45) is 0 Å². The van der Waals surface area contributed by atoms with Crippen LogP contribution >= 0.6 is 0 Å². The molecule has 1 saturated heterocycles. The molecule has 3 heterocycles. The number of nitrogens with zero attached hydrogens (tertiary/aromatic N) is 2. The van der Waals surface area contributed by atoms with Gasteiger partial charge in [0, 0.05) is 23.5 Å². The van der Waals surface area contributed by atoms with E-state index >= 15 is 0 Å². The van der Waals surface area contributed by atoms with Gasteiger partial charge in [0.25, 0.3) is 5.91 Å². The van der Waals surface area contributed by atoms with Crippen molar-refractivity contribution in [3.8, 4) is 11.5 Å². The average Bonchev–Trinajstić information content (AvgIpc) is 3.09. The molecule has 0 aliphatic carbocycles. The second kappa shape index (κ2) is 6.10. The highest BCUT2D eigenvalue weighted by Crippen LogP contribution is 2.33. The third-order valence-corrected chi connectivity index (χ3v) is 3.80. The number of aromatic nitrogens is 1. The fraction of sp³-hybridized carbons (Fsp3) is 0.294. The van der Waals surface area contributed by atoms with Crippen molar-refractivity contribution in [2.75, 3.05) is 13.3 Å². The van der Waals surface area contributed by atoms with E-state index in [-0.39, 0.29) is 18.8 Å². The predicted molar refractivity (Wildman–Crippen MR) is 82.2 cm³/mol. The van der Waals surface area contributed by atoms with Crippen LogP contribution in [0.15, 0.2) is 42.7 Å². The first kappa shape index (κ1) is 14.9. The summed E-state index contributed by atoms with van der Waals surface area (Å²) in [6.07, 6.45) is 2.50. The van der Waals surface area contributed by atoms with Crippen LogP contribution in [0.3, 0.4) is 0 Å². The van der Waals surface area contributed by atoms with E-state index < -0.39 is 6.29 Å². The lowest BCUT2D eigenvalue weighted by atomic mass is 10.2. The Morgan fingerprint density at radius 2 is 2.12 bits per heavy atom. The molecule has 2 aliphatic heterocycles. The first-order chi connectivity index (χ1) is 11.7. The molecular weight excluding hydrogens is 312 g/mol. The van der Waals surface area contributed by atoms with Gasteiger partial charge >= 0.3 is 0 Å². The van der Waals surface area contributed by atoms with E-state index in [4.69, 9.17) is 19.0 Å². The minimum Gasteiger partial charge on any atom is -0.454 e. The van der Waals surface area contributed by atoms with Gasteiger partial charge in [-0.2, -0.15) is 0 Å². The molecule has 0 unspecified atom stereocenters. The number of rotatable bonds is 2. The van der Waals surface area contributed by atoms with E-state index in [1.807, 2.05) is 13.0 Å². The van der Waals surface area contributed by atoms with Crippen molar-refractivity contribution in [1.82, 2.24) is 10.0 Å². The molecule has 1 aromatic carbocycles. The van der Waals surface area contributed by atoms with Gasteiger partial charge in [0.1, 0.15) is 0 Å². The van der Waals surface area contributed by atoms with E-state index in [2.05, 4.69) is 4.98 Å². The normalized spacial score (nSPS) is 22.5. The molecule has 7 nitrogen and oxygen atoms in total. The zero-order valence-corrected chi connectivity index (χ0v) is 13.0. The van der Waals surface area contributed by atoms with Gasteiger partial charge < -0.3 is 14.2 Å². The molecule has 4 rings (SSSR count). The van der Waals surface area contributed by atoms with Gasteiger partial charge in [-0.05, 0) is 31.2 Å². The Morgan fingerprint density at radius 3 is 2.96 bits per heavy atom. The van der Waals surface area contributed by atoms with E-state index in [0.29, 0.717) is 23.6 Å². The Balaban J connectivity index is 1.55. The van der Waals surface area contributed by atoms with Gasteiger partial charge in [-0.25, -0.2) is 9.90 Å². The number of amides is 1. The Morgan fingerprint density at radius 1 is 1.25 bits per heavy atom. The number of pyridine rings is 1. The number of hydrogen-bond donors (Lipinski definition) is 0. The molecule has 1 aromatic heterocycles. The van der Waals surface area contributed by atoms with E-state index in [0.717, 1.165) is 5.56 Å². The second-order valence-corrected chi connectivity index (χ2v) is 5.60. The van der Waals surface area contributed by atoms with Crippen LogP contribution in [0.25, 0.3) is 0 Å². The van der Waals surface area contributed by atoms with Crippen LogP contribution < -0.4 is 9.47 Å². The average molecular weight is 328 g/mol. The Labute approximate surface area is 138 Å². The highest BCUT2D eigenvalue weighted by atomic mass is 16.8. The van der Waals surface area contributed by atoms with Crippen molar-refractivity contribution >= 4 is 5.91 Å². The summed E-state index contributed by atoms with van der Waals surface area (Å²) in [5, 5.41) is 1.32. The molecule has 2 atom stereocenters. The first-order valence-corrected chi connectivity index (χ1v) is 7.64. The number of ether oxygens (including phenoxy) is 3. The number of fused-ring (bicyclic) bond motifs is 1. The molecule has 24 heavy (non-hydrogen) atoms. The monoisotopic (exact) mass is 328 g/mol. The smallest absolute Gasteiger partial charge is 0.277 e. The summed E-state index contributed by atoms with van der Waals surface area (Å²) in [5.41, 5.74) is 1.23. The predicted octanol–water partition coefficient (Wildman–Crippen LogP) is 2.30. The first-order valence-electron chi connectivity index (χ1n) is 7.64. The number of carbonyl (C=O) groups excluding carboxylic acids is 1. The van der Waals surface area contributed by atoms with Crippen LogP contribution in [0.1, 0.15) is 29.1 Å². The summed E-state index contributed by atoms with van der Waals surface area (Å²) < 4.78 is 16.3. The largest absolute Gasteiger partial charge is 0.454 e. The molecular formula is C17H16N2O5. The van der Waals surface area contributed by atoms with Crippen LogP contribution in [0, 0.1) is 0 Å². The molecule has 0 spiro atoms. The van der Waals surface area contributed by atoms with Crippen LogP contribution in [0.5, 0.6) is 11.5 Å². The van der Waals surface area contributed by atoms with Crippen molar-refractivity contribution in [2.45, 2.75) is 19.3 Å². The molecule has 0 bridgehead atoms. The molecule has 2 aromatic rings. The Bertz CT molecular complexity index is 752. The number of carbonyl (C=O) groups is 1. The molecule has 2 aliphatic rings. The fourth-order valence-corrected chi connectivity index (χ4v) is 2.63. The molecule has 0 N–H and O–H groups in total. The fourth-order valence-electron chi connectivity index (χ4n) is 2.63. The van der Waals surface area contributed by atoms with Crippen molar-refractivity contribution in [1.29, 1.82) is 0 Å². The molecule has 7 heteroatoms. The maximum absolute atomic E-state index is 12.8. The molecule has 0 radical (unpaired) electrons. The quantitative estimate of drug-likeness (QED) is 0.842. The summed E-state index contributed by atoms with van der Waals surface area (Å²) in [6.45, 7) is 2.40. The van der Waals surface area contributed by atoms with Crippen LogP contribution in [0.4, 0.5) is 0 Å². The van der Waals surface area contributed by atoms with Crippen LogP contribution in [-0.4, -0.2) is 35.4 Å². The van der Waals surface area contributed by atoms with Gasteiger partial charge in [-0.3, -0.25) is 9.78 Å². The highest BCUT2D eigenvalue weighted by molar-refractivity contribution is 5.94. The zero-order chi connectivity index (χ0) is 16.5. The number of hydrogen-bond acceptors (Lipinski definition) is 6. The summed E-state index contributed by atoms with van der Waals surface area (Å²) in [5.74, 6) is 0.944. The minimum absolute atomic E-state index is 0.165. The van der Waals surface area contributed by atoms with Gasteiger partial charge in [0.2, 0.25) is 13.1 Å². The Hall–Kier alpha value is -2.64. The van der Waals surface area contributed by atoms with Gasteiger partial charge in [0.15, 0.2) is 11.5 Å². The molecule has 0 saturated carbocycles. The van der Waals surface area contributed by atoms with Gasteiger partial charge in [-0.1, -0.05) is 6.07 Å². The lowest BCUT2D eigenvalue weighted by molar-refractivity contribution is -0.320. The van der Waals surface area contributed by atoms with Crippen LogP contribution in [0.2, 0.25) is 0 Å². The summed E-state index contributed by atoms with van der Waals surface area (Å²) >= 11 is 0. The Kier molecular flexibility index (Phi) is 3.79. The summed E-state index contributed by atoms with van der Waals surface area (Å²) in [6, 6.07) is 8.72. The van der Waals surface area contributed by atoms with Gasteiger partial charge in [0.05, 0.1) is 12.6 Å². The van der Waals surface area contributed by atoms with Gasteiger partial charge in [-0.15, -0.1) is 0 Å². The molecule has 1 fully saturated rings. The van der Waals surface area contributed by atoms with E-state index in [1.54, 1.807) is 36.7 Å². The zero-order valence-electron chi connectivity index (χ0n) is 13.0. The topological polar surface area (TPSA) is 70.1 Å². The summed E-state index contributed by atoms with van der Waals surface area (Å²) in [4.78, 5) is 22.5. The van der Waals surface area contributed by atoms with E-state index in [1.165, 1.54) is 5.06 Å². The third-order valence-electron chi connectivity index (χ3n) is 3.80. The maximum atomic E-state index is 12.8. The van der Waals surface area contributed by atoms with Crippen molar-refractivity contribution in [3.05, 3.63) is 53.9 Å². The second-order valence-electron chi connectivity index (χ2n) is 5.60. The lowest BCUT2D eigenvalue weighted by Gasteiger charge is -2.35. The van der Waals surface area contributed by atoms with Crippen LogP contribution in [-0.2, 0) is 9.57 Å². The van der Waals surface area contributed by atoms with E-state index in [9.17, 15) is 4.79 Å². The molecule has 124 valence electrons.